The molecule has 1 aromatic heterocycles. The van der Waals surface area contributed by atoms with Crippen LogP contribution < -0.4 is 9.64 Å². The van der Waals surface area contributed by atoms with Gasteiger partial charge in [-0.05, 0) is 57.7 Å². The first kappa shape index (κ1) is 23.5. The number of aromatic nitrogens is 2. The summed E-state index contributed by atoms with van der Waals surface area (Å²) >= 11 is 5.91. The van der Waals surface area contributed by atoms with Gasteiger partial charge in [-0.3, -0.25) is 4.90 Å². The van der Waals surface area contributed by atoms with Gasteiger partial charge in [0.25, 0.3) is 0 Å². The molecule has 2 unspecified atom stereocenters. The van der Waals surface area contributed by atoms with E-state index in [9.17, 15) is 14.3 Å². The van der Waals surface area contributed by atoms with Crippen molar-refractivity contribution in [3.63, 3.8) is 0 Å². The van der Waals surface area contributed by atoms with Gasteiger partial charge in [0.2, 0.25) is 0 Å². The van der Waals surface area contributed by atoms with E-state index in [0.29, 0.717) is 35.7 Å². The maximum atomic E-state index is 14.1. The number of amides is 1. The monoisotopic (exact) mass is 478 g/mol. The van der Waals surface area contributed by atoms with E-state index in [1.165, 1.54) is 19.2 Å². The Morgan fingerprint density at radius 1 is 1.27 bits per heavy atom. The van der Waals surface area contributed by atoms with Crippen molar-refractivity contribution in [2.75, 3.05) is 25.9 Å². The van der Waals surface area contributed by atoms with Gasteiger partial charge < -0.3 is 19.5 Å². The molecule has 0 spiro atoms. The van der Waals surface area contributed by atoms with Gasteiger partial charge in [0.1, 0.15) is 11.6 Å². The molecule has 33 heavy (non-hydrogen) atoms. The zero-order chi connectivity index (χ0) is 24.0. The maximum Gasteiger partial charge on any atom is 0.408 e. The molecule has 178 valence electrons. The first-order chi connectivity index (χ1) is 15.6. The van der Waals surface area contributed by atoms with Crippen LogP contribution in [0.15, 0.2) is 24.3 Å². The Morgan fingerprint density at radius 3 is 2.48 bits per heavy atom. The van der Waals surface area contributed by atoms with Crippen LogP contribution in [0.5, 0.6) is 5.75 Å². The van der Waals surface area contributed by atoms with Crippen LogP contribution in [-0.2, 0) is 4.74 Å². The summed E-state index contributed by atoms with van der Waals surface area (Å²) in [5, 5.41) is 18.4. The Kier molecular flexibility index (Phi) is 6.13. The van der Waals surface area contributed by atoms with Crippen LogP contribution in [0.3, 0.4) is 0 Å². The second-order valence-corrected chi connectivity index (χ2v) is 9.78. The number of hydrogen-bond donors (Lipinski definition) is 1. The van der Waals surface area contributed by atoms with Crippen LogP contribution >= 0.6 is 11.6 Å². The summed E-state index contributed by atoms with van der Waals surface area (Å²) in [7, 11) is 3.44. The van der Waals surface area contributed by atoms with E-state index >= 15 is 0 Å². The number of anilines is 1. The Bertz CT molecular complexity index is 1040. The van der Waals surface area contributed by atoms with Crippen molar-refractivity contribution >= 4 is 23.5 Å². The van der Waals surface area contributed by atoms with Gasteiger partial charge in [0, 0.05) is 42.9 Å². The van der Waals surface area contributed by atoms with Crippen molar-refractivity contribution in [3.05, 3.63) is 35.1 Å². The van der Waals surface area contributed by atoms with Crippen molar-refractivity contribution in [1.29, 1.82) is 0 Å². The highest BCUT2D eigenvalue weighted by atomic mass is 35.5. The summed E-state index contributed by atoms with van der Waals surface area (Å²) in [5.74, 6) is 0.423. The number of nitrogens with zero attached hydrogens (tertiary/aromatic N) is 4. The van der Waals surface area contributed by atoms with E-state index in [1.807, 2.05) is 27.0 Å². The predicted molar refractivity (Wildman–Crippen MR) is 122 cm³/mol. The highest BCUT2D eigenvalue weighted by Crippen LogP contribution is 2.51. The van der Waals surface area contributed by atoms with Crippen LogP contribution in [-0.4, -0.2) is 64.4 Å². The number of hydrogen-bond acceptors (Lipinski definition) is 6. The molecular formula is C23H28ClFN4O4. The fourth-order valence-electron chi connectivity index (χ4n) is 5.44. The van der Waals surface area contributed by atoms with Crippen molar-refractivity contribution in [1.82, 2.24) is 15.1 Å². The Morgan fingerprint density at radius 2 is 1.94 bits per heavy atom. The van der Waals surface area contributed by atoms with Crippen LogP contribution in [0, 0.1) is 5.82 Å². The molecule has 1 amide bonds. The number of piperidine rings is 1. The highest BCUT2D eigenvalue weighted by Gasteiger charge is 2.58. The van der Waals surface area contributed by atoms with E-state index < -0.39 is 23.0 Å². The lowest BCUT2D eigenvalue weighted by Crippen LogP contribution is -2.62. The average Bonchev–Trinajstić information content (AvgIpc) is 2.95. The van der Waals surface area contributed by atoms with Gasteiger partial charge >= 0.3 is 6.09 Å². The number of ether oxygens (including phenoxy) is 2. The predicted octanol–water partition coefficient (Wildman–Crippen LogP) is 4.81. The van der Waals surface area contributed by atoms with Crippen molar-refractivity contribution in [2.45, 2.75) is 56.7 Å². The van der Waals surface area contributed by atoms with E-state index in [1.54, 1.807) is 11.0 Å². The lowest BCUT2D eigenvalue weighted by molar-refractivity contribution is 0.0131. The van der Waals surface area contributed by atoms with Crippen LogP contribution in [0.4, 0.5) is 15.0 Å². The third kappa shape index (κ3) is 4.19. The molecule has 1 aromatic carbocycles. The lowest BCUT2D eigenvalue weighted by atomic mass is 9.82. The normalized spacial score (nSPS) is 26.4. The van der Waals surface area contributed by atoms with E-state index in [0.717, 1.165) is 12.8 Å². The molecule has 0 radical (unpaired) electrons. The first-order valence-corrected chi connectivity index (χ1v) is 11.2. The molecule has 2 fully saturated rings. The standard InChI is InChI=1S/C23H28ClFN4O4/c1-22-7-8-23(2,29(22)21(30)31)12-14(11-22)28(3)20-6-5-18(26-27-20)15-9-17(25)16(24)10-19(15)33-13-32-4/h5-6,9-10,14H,7-8,11-13H2,1-4H3,(H,30,31)/t14?,22-,23?/m0/s1. The Hall–Kier alpha value is -2.65. The summed E-state index contributed by atoms with van der Waals surface area (Å²) in [6, 6.07) is 6.35. The minimum atomic E-state index is -0.857. The molecule has 2 aromatic rings. The third-order valence-electron chi connectivity index (χ3n) is 7.01. The Balaban J connectivity index is 1.57. The SMILES string of the molecule is COCOc1cc(Cl)c(F)cc1-c1ccc(N(C)C2CC3(C)CC[C@@](C)(C2)N3C(=O)O)nn1. The quantitative estimate of drug-likeness (QED) is 0.596. The molecule has 3 heterocycles. The highest BCUT2D eigenvalue weighted by molar-refractivity contribution is 6.31. The van der Waals surface area contributed by atoms with E-state index in [4.69, 9.17) is 21.1 Å². The molecule has 10 heteroatoms. The molecule has 4 rings (SSSR count). The summed E-state index contributed by atoms with van der Waals surface area (Å²) in [4.78, 5) is 15.6. The average molecular weight is 479 g/mol. The topological polar surface area (TPSA) is 88.0 Å². The largest absolute Gasteiger partial charge is 0.467 e. The number of fused-ring (bicyclic) bond motifs is 2. The molecule has 2 aliphatic rings. The molecule has 2 bridgehead atoms. The van der Waals surface area contributed by atoms with Gasteiger partial charge in [-0.1, -0.05) is 11.6 Å². The van der Waals surface area contributed by atoms with Gasteiger partial charge in [-0.2, -0.15) is 0 Å². The minimum Gasteiger partial charge on any atom is -0.467 e. The third-order valence-corrected chi connectivity index (χ3v) is 7.30. The summed E-state index contributed by atoms with van der Waals surface area (Å²) in [6.07, 6.45) is 2.26. The Labute approximate surface area is 197 Å². The number of carbonyl (C=O) groups is 1. The number of carboxylic acid groups (broad SMARTS) is 1. The fraction of sp³-hybridized carbons (Fsp3) is 0.522. The molecule has 0 saturated carbocycles. The second kappa shape index (κ2) is 8.61. The van der Waals surface area contributed by atoms with Crippen LogP contribution in [0.1, 0.15) is 39.5 Å². The molecule has 2 saturated heterocycles. The van der Waals surface area contributed by atoms with Gasteiger partial charge in [-0.25, -0.2) is 9.18 Å². The van der Waals surface area contributed by atoms with E-state index in [2.05, 4.69) is 15.1 Å². The minimum absolute atomic E-state index is 0.0181. The van der Waals surface area contributed by atoms with Crippen molar-refractivity contribution in [2.24, 2.45) is 0 Å². The zero-order valence-corrected chi connectivity index (χ0v) is 19.9. The summed E-state index contributed by atoms with van der Waals surface area (Å²) < 4.78 is 24.6. The molecule has 2 aliphatic heterocycles. The number of halogens is 2. The molecule has 8 nitrogen and oxygen atoms in total. The molecule has 0 aliphatic carbocycles. The summed E-state index contributed by atoms with van der Waals surface area (Å²) in [6.45, 7) is 4.03. The number of methoxy groups -OCH3 is 1. The van der Waals surface area contributed by atoms with Gasteiger partial charge in [0.15, 0.2) is 12.6 Å². The zero-order valence-electron chi connectivity index (χ0n) is 19.1. The van der Waals surface area contributed by atoms with Gasteiger partial charge in [0.05, 0.1) is 10.7 Å². The van der Waals surface area contributed by atoms with E-state index in [-0.39, 0.29) is 17.9 Å². The smallest absolute Gasteiger partial charge is 0.408 e. The van der Waals surface area contributed by atoms with Gasteiger partial charge in [-0.15, -0.1) is 10.2 Å². The van der Waals surface area contributed by atoms with Crippen molar-refractivity contribution < 1.29 is 23.8 Å². The van der Waals surface area contributed by atoms with Crippen molar-refractivity contribution in [3.8, 4) is 17.0 Å². The van der Waals surface area contributed by atoms with Crippen LogP contribution in [0.2, 0.25) is 5.02 Å². The summed E-state index contributed by atoms with van der Waals surface area (Å²) in [5.41, 5.74) is 0.0519. The second-order valence-electron chi connectivity index (χ2n) is 9.37. The lowest BCUT2D eigenvalue weighted by Gasteiger charge is -2.51. The maximum absolute atomic E-state index is 14.1. The first-order valence-electron chi connectivity index (χ1n) is 10.8. The molecule has 1 N–H and O–H groups in total. The number of benzene rings is 1. The van der Waals surface area contributed by atoms with Crippen LogP contribution in [0.25, 0.3) is 11.3 Å². The number of rotatable bonds is 6. The molecule has 3 atom stereocenters. The molecular weight excluding hydrogens is 451 g/mol. The fourth-order valence-corrected chi connectivity index (χ4v) is 5.59.